The van der Waals surface area contributed by atoms with Gasteiger partial charge >= 0.3 is 0 Å². The number of rotatable bonds is 4. The minimum atomic E-state index is -1.32. The molecule has 144 valence electrons. The summed E-state index contributed by atoms with van der Waals surface area (Å²) in [5.41, 5.74) is 3.32. The van der Waals surface area contributed by atoms with Crippen LogP contribution in [0.4, 0.5) is 0 Å². The van der Waals surface area contributed by atoms with E-state index in [0.717, 1.165) is 11.3 Å². The molecule has 0 spiro atoms. The van der Waals surface area contributed by atoms with Gasteiger partial charge < -0.3 is 0 Å². The number of allylic oxidation sites excluding steroid dienone is 2. The zero-order valence-electron chi connectivity index (χ0n) is 16.7. The van der Waals surface area contributed by atoms with Gasteiger partial charge in [0, 0.05) is 0 Å². The molecule has 0 aromatic carbocycles. The predicted octanol–water partition coefficient (Wildman–Crippen LogP) is 8.34. The number of alkyl halides is 1. The van der Waals surface area contributed by atoms with Crippen molar-refractivity contribution >= 4 is 24.3 Å². The van der Waals surface area contributed by atoms with Crippen molar-refractivity contribution in [2.75, 3.05) is 0 Å². The summed E-state index contributed by atoms with van der Waals surface area (Å²) in [6, 6.07) is 0. The highest BCUT2D eigenvalue weighted by molar-refractivity contribution is 7.79. The Balaban J connectivity index is 2.10. The molecule has 0 heterocycles. The Morgan fingerprint density at radius 2 is 1.20 bits per heavy atom. The first kappa shape index (κ1) is 20.1. The average Bonchev–Trinajstić information content (AvgIpc) is 2.64. The van der Waals surface area contributed by atoms with E-state index in [2.05, 4.69) is 25.7 Å². The van der Waals surface area contributed by atoms with Crippen LogP contribution in [0.15, 0.2) is 11.6 Å². The molecule has 0 radical (unpaired) electrons. The summed E-state index contributed by atoms with van der Waals surface area (Å²) in [6.07, 6.45) is 23.8. The largest absolute Gasteiger partial charge is 0.114 e. The summed E-state index contributed by atoms with van der Waals surface area (Å²) in [5, 5.41) is 0. The topological polar surface area (TPSA) is 0 Å². The van der Waals surface area contributed by atoms with Gasteiger partial charge in [0.2, 0.25) is 0 Å². The molecule has 0 saturated heterocycles. The Morgan fingerprint density at radius 3 is 1.64 bits per heavy atom. The van der Waals surface area contributed by atoms with Crippen LogP contribution in [0.25, 0.3) is 0 Å². The highest BCUT2D eigenvalue weighted by Crippen LogP contribution is 2.75. The molecule has 0 nitrogen and oxygen atoms in total. The lowest BCUT2D eigenvalue weighted by molar-refractivity contribution is 0.441. The second kappa shape index (κ2) is 9.01. The van der Waals surface area contributed by atoms with E-state index < -0.39 is 6.89 Å². The van der Waals surface area contributed by atoms with E-state index in [1.54, 1.807) is 0 Å². The van der Waals surface area contributed by atoms with Crippen LogP contribution in [0.5, 0.6) is 0 Å². The fourth-order valence-electron chi connectivity index (χ4n) is 6.10. The number of hydrogen-bond donors (Lipinski definition) is 0. The van der Waals surface area contributed by atoms with E-state index >= 15 is 0 Å². The second-order valence-corrected chi connectivity index (χ2v) is 14.6. The molecule has 0 N–H and O–H groups in total. The van der Waals surface area contributed by atoms with Crippen molar-refractivity contribution in [3.63, 3.8) is 0 Å². The summed E-state index contributed by atoms with van der Waals surface area (Å²) in [6.45, 7) is 3.22. The summed E-state index contributed by atoms with van der Waals surface area (Å²) in [7, 11) is 0. The Morgan fingerprint density at radius 1 is 0.760 bits per heavy atom. The van der Waals surface area contributed by atoms with Crippen molar-refractivity contribution in [1.29, 1.82) is 0 Å². The molecule has 0 aliphatic heterocycles. The lowest BCUT2D eigenvalue weighted by Crippen LogP contribution is -2.38. The van der Waals surface area contributed by atoms with Crippen LogP contribution in [0.1, 0.15) is 110 Å². The monoisotopic (exact) mass is 382 g/mol. The van der Waals surface area contributed by atoms with Gasteiger partial charge in [-0.3, -0.25) is 0 Å². The maximum atomic E-state index is 7.74. The smallest absolute Gasteiger partial charge is 0.0644 e. The highest BCUT2D eigenvalue weighted by atomic mass is 35.5. The first-order valence-electron chi connectivity index (χ1n) is 11.1. The third kappa shape index (κ3) is 4.27. The van der Waals surface area contributed by atoms with Crippen LogP contribution in [0.3, 0.4) is 0 Å². The first-order chi connectivity index (χ1) is 12.1. The van der Waals surface area contributed by atoms with Gasteiger partial charge in [-0.25, -0.2) is 0 Å². The predicted molar refractivity (Wildman–Crippen MR) is 118 cm³/mol. The molecule has 0 aromatic rings. The van der Waals surface area contributed by atoms with E-state index in [1.165, 1.54) is 102 Å². The molecule has 0 atom stereocenters. The molecular weight excluding hydrogens is 343 g/mol. The van der Waals surface area contributed by atoms with Crippen LogP contribution in [-0.4, -0.2) is 21.7 Å². The fourth-order valence-corrected chi connectivity index (χ4v) is 14.1. The highest BCUT2D eigenvalue weighted by Gasteiger charge is 2.50. The zero-order chi connectivity index (χ0) is 17.8. The van der Waals surface area contributed by atoms with Crippen LogP contribution in [0.2, 0.25) is 0 Å². The first-order valence-corrected chi connectivity index (χ1v) is 13.5. The number of halogens is 1. The van der Waals surface area contributed by atoms with Gasteiger partial charge in [-0.2, -0.15) is 0 Å². The van der Waals surface area contributed by atoms with Crippen molar-refractivity contribution in [2.45, 2.75) is 126 Å². The Bertz CT molecular complexity index is 474. The molecule has 0 amide bonds. The van der Waals surface area contributed by atoms with Crippen LogP contribution in [0, 0.1) is 0 Å². The molecule has 3 rings (SSSR count). The van der Waals surface area contributed by atoms with Gasteiger partial charge in [0.1, 0.15) is 0 Å². The van der Waals surface area contributed by atoms with Gasteiger partial charge in [0.15, 0.2) is 0 Å². The van der Waals surface area contributed by atoms with Gasteiger partial charge in [-0.15, -0.1) is 11.6 Å². The van der Waals surface area contributed by atoms with Crippen LogP contribution in [-0.2, 0) is 0 Å². The zero-order valence-corrected chi connectivity index (χ0v) is 18.4. The summed E-state index contributed by atoms with van der Waals surface area (Å²) in [5.74, 6) is 2.78. The maximum absolute atomic E-state index is 7.74. The van der Waals surface area contributed by atoms with Crippen molar-refractivity contribution in [2.24, 2.45) is 0 Å². The van der Waals surface area contributed by atoms with Gasteiger partial charge in [-0.05, 0) is 63.7 Å². The van der Waals surface area contributed by atoms with E-state index in [0.29, 0.717) is 0 Å². The van der Waals surface area contributed by atoms with E-state index in [4.69, 9.17) is 11.6 Å². The Hall–Kier alpha value is 0.330. The molecule has 3 aliphatic carbocycles. The molecule has 3 aliphatic rings. The van der Waals surface area contributed by atoms with E-state index in [1.807, 2.05) is 0 Å². The van der Waals surface area contributed by atoms with Crippen molar-refractivity contribution in [1.82, 2.24) is 0 Å². The van der Waals surface area contributed by atoms with Gasteiger partial charge in [0.25, 0.3) is 0 Å². The summed E-state index contributed by atoms with van der Waals surface area (Å²) < 4.78 is 0.126. The van der Waals surface area contributed by atoms with Crippen molar-refractivity contribution in [3.05, 3.63) is 11.6 Å². The summed E-state index contributed by atoms with van der Waals surface area (Å²) >= 11 is 7.74. The van der Waals surface area contributed by atoms with E-state index in [9.17, 15) is 0 Å². The lowest BCUT2D eigenvalue weighted by Gasteiger charge is -2.54. The molecule has 2 heteroatoms. The lowest BCUT2D eigenvalue weighted by atomic mass is 9.98. The van der Waals surface area contributed by atoms with Crippen LogP contribution < -0.4 is 0 Å². The van der Waals surface area contributed by atoms with Crippen molar-refractivity contribution < 1.29 is 0 Å². The molecular formula is C23H40ClP. The maximum Gasteiger partial charge on any atom is 0.0644 e. The molecule has 0 unspecified atom stereocenters. The van der Waals surface area contributed by atoms with E-state index in [-0.39, 0.29) is 4.62 Å². The standard InChI is InChI=1S/C23H40ClP/c1-20(2)16-19-25(21-12-6-3-7-13-21,22-14-8-4-9-15-22)23(24)17-10-5-11-18-23/h16,19,21-22H,3-15,17-18H2,1-2H3. The van der Waals surface area contributed by atoms with Gasteiger partial charge in [-0.1, -0.05) is 82.1 Å². The number of hydrogen-bond acceptors (Lipinski definition) is 0. The minimum Gasteiger partial charge on any atom is -0.114 e. The normalized spacial score (nSPS) is 26.2. The SMILES string of the molecule is CC(C)=CC=P(C1CCCCC1)(C1CCCCC1)C1(Cl)CCCCC1. The molecule has 0 bridgehead atoms. The third-order valence-electron chi connectivity index (χ3n) is 7.33. The fraction of sp³-hybridized carbons (Fsp3) is 0.870. The van der Waals surface area contributed by atoms with Crippen molar-refractivity contribution in [3.8, 4) is 0 Å². The summed E-state index contributed by atoms with van der Waals surface area (Å²) in [4.78, 5) is 0. The van der Waals surface area contributed by atoms with Gasteiger partial charge in [0.05, 0.1) is 4.62 Å². The second-order valence-electron chi connectivity index (χ2n) is 9.29. The van der Waals surface area contributed by atoms with Crippen LogP contribution >= 0.6 is 18.5 Å². The third-order valence-corrected chi connectivity index (χ3v) is 14.5. The molecule has 0 aromatic heterocycles. The Labute approximate surface area is 162 Å². The Kier molecular flexibility index (Phi) is 7.24. The molecule has 3 saturated carbocycles. The quantitative estimate of drug-likeness (QED) is 0.338. The molecule has 3 fully saturated rings. The molecule has 25 heavy (non-hydrogen) atoms. The average molecular weight is 383 g/mol. The minimum absolute atomic E-state index is 0.126.